The number of hydrogen-bond acceptors (Lipinski definition) is 3. The summed E-state index contributed by atoms with van der Waals surface area (Å²) in [6.07, 6.45) is 5.57. The Morgan fingerprint density at radius 2 is 1.95 bits per heavy atom. The zero-order valence-corrected chi connectivity index (χ0v) is 13.9. The number of hydrogen-bond donors (Lipinski definition) is 1. The fraction of sp³-hybridized carbons (Fsp3) is 0.733. The van der Waals surface area contributed by atoms with E-state index in [0.29, 0.717) is 12.8 Å². The monoisotopic (exact) mass is 342 g/mol. The zero-order chi connectivity index (χ0) is 14.8. The highest BCUT2D eigenvalue weighted by Gasteiger charge is 2.36. The molecule has 1 aliphatic rings. The third-order valence-corrected chi connectivity index (χ3v) is 5.26. The summed E-state index contributed by atoms with van der Waals surface area (Å²) >= 11 is 3.51. The standard InChI is InChI=1S/C15H23BrN2O2/c1-3-18-12(14(16)11(2)17-18)10-13(19)15(20)8-6-4-5-7-9-15/h20H,3-10H2,1-2H3. The van der Waals surface area contributed by atoms with Gasteiger partial charge in [0.25, 0.3) is 0 Å². The topological polar surface area (TPSA) is 55.1 Å². The number of aromatic nitrogens is 2. The smallest absolute Gasteiger partial charge is 0.170 e. The van der Waals surface area contributed by atoms with Crippen LogP contribution in [0.2, 0.25) is 0 Å². The van der Waals surface area contributed by atoms with Crippen molar-refractivity contribution in [2.75, 3.05) is 0 Å². The first-order valence-electron chi connectivity index (χ1n) is 7.45. The van der Waals surface area contributed by atoms with Crippen LogP contribution in [0.4, 0.5) is 0 Å². The van der Waals surface area contributed by atoms with Crippen molar-refractivity contribution in [3.8, 4) is 0 Å². The lowest BCUT2D eigenvalue weighted by atomic mass is 9.87. The first kappa shape index (κ1) is 15.7. The summed E-state index contributed by atoms with van der Waals surface area (Å²) < 4.78 is 2.74. The Kier molecular flexibility index (Phi) is 5.02. The van der Waals surface area contributed by atoms with Gasteiger partial charge < -0.3 is 5.11 Å². The Bertz CT molecular complexity index is 488. The predicted octanol–water partition coefficient (Wildman–Crippen LogP) is 3.17. The van der Waals surface area contributed by atoms with Gasteiger partial charge in [0.05, 0.1) is 22.3 Å². The summed E-state index contributed by atoms with van der Waals surface area (Å²) in [5.41, 5.74) is 0.641. The molecule has 0 aliphatic heterocycles. The van der Waals surface area contributed by atoms with E-state index in [9.17, 15) is 9.90 Å². The molecule has 0 aromatic carbocycles. The number of aryl methyl sites for hydroxylation is 2. The largest absolute Gasteiger partial charge is 0.382 e. The van der Waals surface area contributed by atoms with Crippen LogP contribution in [0, 0.1) is 6.92 Å². The average Bonchev–Trinajstić information content (AvgIpc) is 2.61. The van der Waals surface area contributed by atoms with Gasteiger partial charge in [0.15, 0.2) is 5.78 Å². The molecule has 112 valence electrons. The fourth-order valence-electron chi connectivity index (χ4n) is 2.95. The number of rotatable bonds is 4. The molecule has 4 nitrogen and oxygen atoms in total. The van der Waals surface area contributed by atoms with Gasteiger partial charge >= 0.3 is 0 Å². The van der Waals surface area contributed by atoms with Gasteiger partial charge in [-0.3, -0.25) is 9.48 Å². The van der Waals surface area contributed by atoms with Crippen molar-refractivity contribution in [2.24, 2.45) is 0 Å². The van der Waals surface area contributed by atoms with Crippen molar-refractivity contribution >= 4 is 21.7 Å². The number of carbonyl (C=O) groups is 1. The van der Waals surface area contributed by atoms with Crippen LogP contribution in [0.15, 0.2) is 4.47 Å². The van der Waals surface area contributed by atoms with Crippen molar-refractivity contribution in [2.45, 2.75) is 70.9 Å². The number of ketones is 1. The lowest BCUT2D eigenvalue weighted by molar-refractivity contribution is -0.138. The van der Waals surface area contributed by atoms with Crippen LogP contribution in [0.1, 0.15) is 56.8 Å². The van der Waals surface area contributed by atoms with Crippen LogP contribution in [0.5, 0.6) is 0 Å². The first-order valence-corrected chi connectivity index (χ1v) is 8.24. The second-order valence-corrected chi connectivity index (χ2v) is 6.50. The molecule has 0 spiro atoms. The molecule has 0 unspecified atom stereocenters. The van der Waals surface area contributed by atoms with E-state index in [0.717, 1.165) is 48.1 Å². The molecule has 0 atom stereocenters. The summed E-state index contributed by atoms with van der Waals surface area (Å²) in [7, 11) is 0. The van der Waals surface area contributed by atoms with Crippen LogP contribution in [0.3, 0.4) is 0 Å². The van der Waals surface area contributed by atoms with Crippen molar-refractivity contribution in [1.29, 1.82) is 0 Å². The van der Waals surface area contributed by atoms with Crippen LogP contribution in [-0.2, 0) is 17.8 Å². The molecule has 5 heteroatoms. The third-order valence-electron chi connectivity index (χ3n) is 4.23. The van der Waals surface area contributed by atoms with Crippen molar-refractivity contribution in [3.05, 3.63) is 15.9 Å². The molecule has 1 saturated carbocycles. The van der Waals surface area contributed by atoms with Crippen molar-refractivity contribution in [3.63, 3.8) is 0 Å². The van der Waals surface area contributed by atoms with E-state index in [2.05, 4.69) is 21.0 Å². The highest BCUT2D eigenvalue weighted by Crippen LogP contribution is 2.30. The van der Waals surface area contributed by atoms with Crippen molar-refractivity contribution < 1.29 is 9.90 Å². The van der Waals surface area contributed by atoms with Gasteiger partial charge in [0.1, 0.15) is 5.60 Å². The first-order chi connectivity index (χ1) is 9.48. The van der Waals surface area contributed by atoms with Crippen LogP contribution < -0.4 is 0 Å². The lowest BCUT2D eigenvalue weighted by Gasteiger charge is -2.25. The molecular formula is C15H23BrN2O2. The highest BCUT2D eigenvalue weighted by molar-refractivity contribution is 9.10. The van der Waals surface area contributed by atoms with Gasteiger partial charge in [-0.25, -0.2) is 0 Å². The lowest BCUT2D eigenvalue weighted by Crippen LogP contribution is -2.39. The summed E-state index contributed by atoms with van der Waals surface area (Å²) in [4.78, 5) is 12.6. The van der Waals surface area contributed by atoms with Crippen LogP contribution in [-0.4, -0.2) is 26.3 Å². The quantitative estimate of drug-likeness (QED) is 0.855. The van der Waals surface area contributed by atoms with E-state index < -0.39 is 5.60 Å². The molecule has 1 aromatic rings. The van der Waals surface area contributed by atoms with Gasteiger partial charge in [0, 0.05) is 6.54 Å². The molecule has 2 rings (SSSR count). The number of aliphatic hydroxyl groups is 1. The normalized spacial score (nSPS) is 18.8. The summed E-state index contributed by atoms with van der Waals surface area (Å²) in [5, 5.41) is 15.1. The minimum Gasteiger partial charge on any atom is -0.382 e. The molecule has 1 N–H and O–H groups in total. The SMILES string of the molecule is CCn1nc(C)c(Br)c1CC(=O)C1(O)CCCCCC1. The number of Topliss-reactive ketones (excluding diaryl/α,β-unsaturated/α-hetero) is 1. The molecule has 1 aliphatic carbocycles. The Labute approximate surface area is 128 Å². The molecule has 0 radical (unpaired) electrons. The maximum Gasteiger partial charge on any atom is 0.170 e. The van der Waals surface area contributed by atoms with E-state index in [-0.39, 0.29) is 12.2 Å². The summed E-state index contributed by atoms with van der Waals surface area (Å²) in [6, 6.07) is 0. The molecule has 0 saturated heterocycles. The number of carbonyl (C=O) groups excluding carboxylic acids is 1. The minimum absolute atomic E-state index is 0.0605. The second-order valence-electron chi connectivity index (χ2n) is 5.71. The Morgan fingerprint density at radius 3 is 2.50 bits per heavy atom. The van der Waals surface area contributed by atoms with E-state index in [1.807, 2.05) is 18.5 Å². The van der Waals surface area contributed by atoms with E-state index in [1.54, 1.807) is 0 Å². The molecule has 1 heterocycles. The molecule has 0 bridgehead atoms. The Hall–Kier alpha value is -0.680. The molecule has 1 fully saturated rings. The minimum atomic E-state index is -1.13. The number of nitrogens with zero attached hydrogens (tertiary/aromatic N) is 2. The summed E-state index contributed by atoms with van der Waals surface area (Å²) in [5.74, 6) is -0.0605. The van der Waals surface area contributed by atoms with Gasteiger partial charge in [0.2, 0.25) is 0 Å². The maximum atomic E-state index is 12.6. The van der Waals surface area contributed by atoms with Gasteiger partial charge in [-0.15, -0.1) is 0 Å². The van der Waals surface area contributed by atoms with E-state index in [1.165, 1.54) is 0 Å². The highest BCUT2D eigenvalue weighted by atomic mass is 79.9. The maximum absolute atomic E-state index is 12.6. The van der Waals surface area contributed by atoms with Gasteiger partial charge in [-0.05, 0) is 42.6 Å². The Balaban J connectivity index is 2.18. The van der Waals surface area contributed by atoms with E-state index in [4.69, 9.17) is 0 Å². The fourth-order valence-corrected chi connectivity index (χ4v) is 3.37. The molecule has 20 heavy (non-hydrogen) atoms. The van der Waals surface area contributed by atoms with E-state index >= 15 is 0 Å². The molecule has 0 amide bonds. The average molecular weight is 343 g/mol. The van der Waals surface area contributed by atoms with Gasteiger partial charge in [-0.1, -0.05) is 25.7 Å². The molecular weight excluding hydrogens is 320 g/mol. The zero-order valence-electron chi connectivity index (χ0n) is 12.3. The van der Waals surface area contributed by atoms with Crippen LogP contribution >= 0.6 is 15.9 Å². The van der Waals surface area contributed by atoms with Crippen LogP contribution in [0.25, 0.3) is 0 Å². The predicted molar refractivity (Wildman–Crippen MR) is 81.7 cm³/mol. The summed E-state index contributed by atoms with van der Waals surface area (Å²) in [6.45, 7) is 4.66. The van der Waals surface area contributed by atoms with Gasteiger partial charge in [-0.2, -0.15) is 5.10 Å². The third kappa shape index (κ3) is 3.14. The second kappa shape index (κ2) is 6.39. The molecule has 1 aromatic heterocycles. The Morgan fingerprint density at radius 1 is 1.35 bits per heavy atom. The van der Waals surface area contributed by atoms with Crippen molar-refractivity contribution in [1.82, 2.24) is 9.78 Å². The number of halogens is 1.